The largest absolute Gasteiger partial charge is 0.225 e. The van der Waals surface area contributed by atoms with E-state index < -0.39 is 5.13 Å². The van der Waals surface area contributed by atoms with Crippen LogP contribution >= 0.6 is 11.6 Å². The summed E-state index contributed by atoms with van der Waals surface area (Å²) in [6.07, 6.45) is 0. The minimum absolute atomic E-state index is 0.0108. The maximum atomic E-state index is 12.7. The van der Waals surface area contributed by atoms with E-state index in [1.54, 1.807) is 0 Å². The van der Waals surface area contributed by atoms with Crippen LogP contribution < -0.4 is 0 Å². The molecule has 0 nitrogen and oxygen atoms in total. The summed E-state index contributed by atoms with van der Waals surface area (Å²) in [6.45, 7) is 5.50. The number of halogens is 2. The van der Waals surface area contributed by atoms with Crippen molar-refractivity contribution < 1.29 is 4.39 Å². The Morgan fingerprint density at radius 2 is 1.62 bits per heavy atom. The zero-order valence-corrected chi connectivity index (χ0v) is 6.09. The zero-order valence-electron chi connectivity index (χ0n) is 5.33. The van der Waals surface area contributed by atoms with E-state index in [1.165, 1.54) is 0 Å². The van der Waals surface area contributed by atoms with E-state index in [1.807, 2.05) is 20.8 Å². The van der Waals surface area contributed by atoms with Crippen LogP contribution in [0.2, 0.25) is 0 Å². The lowest BCUT2D eigenvalue weighted by molar-refractivity contribution is 0.348. The Kier molecular flexibility index (Phi) is 0.956. The van der Waals surface area contributed by atoms with E-state index in [2.05, 4.69) is 0 Å². The molecule has 0 spiro atoms. The molecule has 0 unspecified atom stereocenters. The number of rotatable bonds is 0. The third-order valence-electron chi connectivity index (χ3n) is 2.40. The molecule has 0 aliphatic heterocycles. The highest BCUT2D eigenvalue weighted by Crippen LogP contribution is 2.66. The van der Waals surface area contributed by atoms with Gasteiger partial charge in [-0.05, 0) is 0 Å². The van der Waals surface area contributed by atoms with Crippen molar-refractivity contribution in [1.29, 1.82) is 0 Å². The highest BCUT2D eigenvalue weighted by atomic mass is 35.5. The van der Waals surface area contributed by atoms with Crippen LogP contribution in [0, 0.1) is 11.3 Å². The summed E-state index contributed by atoms with van der Waals surface area (Å²) in [7, 11) is 0. The second-order valence-electron chi connectivity index (χ2n) is 3.07. The lowest BCUT2D eigenvalue weighted by atomic mass is 10.1. The summed E-state index contributed by atoms with van der Waals surface area (Å²) >= 11 is 5.42. The van der Waals surface area contributed by atoms with Crippen LogP contribution in [-0.4, -0.2) is 5.13 Å². The topological polar surface area (TPSA) is 0 Å². The Bertz CT molecular complexity index is 104. The zero-order chi connectivity index (χ0) is 6.58. The first-order valence-electron chi connectivity index (χ1n) is 2.78. The van der Waals surface area contributed by atoms with Gasteiger partial charge >= 0.3 is 0 Å². The van der Waals surface area contributed by atoms with Crippen LogP contribution in [0.4, 0.5) is 4.39 Å². The Labute approximate surface area is 54.0 Å². The van der Waals surface area contributed by atoms with Gasteiger partial charge in [0.25, 0.3) is 0 Å². The second-order valence-corrected chi connectivity index (χ2v) is 3.62. The molecule has 0 heterocycles. The lowest BCUT2D eigenvalue weighted by Crippen LogP contribution is -1.97. The van der Waals surface area contributed by atoms with Crippen molar-refractivity contribution in [2.24, 2.45) is 11.3 Å². The van der Waals surface area contributed by atoms with Gasteiger partial charge in [0.2, 0.25) is 0 Å². The van der Waals surface area contributed by atoms with Gasteiger partial charge in [-0.3, -0.25) is 0 Å². The Morgan fingerprint density at radius 3 is 1.62 bits per heavy atom. The summed E-state index contributed by atoms with van der Waals surface area (Å²) in [5.74, 6) is 0.0108. The molecule has 48 valence electrons. The van der Waals surface area contributed by atoms with Crippen LogP contribution in [-0.2, 0) is 0 Å². The van der Waals surface area contributed by atoms with Crippen molar-refractivity contribution in [1.82, 2.24) is 0 Å². The van der Waals surface area contributed by atoms with Crippen molar-refractivity contribution in [3.63, 3.8) is 0 Å². The summed E-state index contributed by atoms with van der Waals surface area (Å²) in [5.41, 5.74) is -0.297. The molecule has 2 atom stereocenters. The lowest BCUT2D eigenvalue weighted by Gasteiger charge is -1.97. The highest BCUT2D eigenvalue weighted by Gasteiger charge is 2.69. The summed E-state index contributed by atoms with van der Waals surface area (Å²) in [5, 5.41) is -1.42. The monoisotopic (exact) mass is 136 g/mol. The second kappa shape index (κ2) is 1.21. The Morgan fingerprint density at radius 1 is 1.50 bits per heavy atom. The first-order valence-corrected chi connectivity index (χ1v) is 3.16. The van der Waals surface area contributed by atoms with Crippen molar-refractivity contribution in [3.05, 3.63) is 0 Å². The maximum Gasteiger partial charge on any atom is 0.192 e. The van der Waals surface area contributed by atoms with Gasteiger partial charge in [-0.1, -0.05) is 32.4 Å². The maximum absolute atomic E-state index is 12.7. The number of hydrogen-bond acceptors (Lipinski definition) is 0. The van der Waals surface area contributed by atoms with E-state index >= 15 is 0 Å². The molecule has 0 aromatic carbocycles. The van der Waals surface area contributed by atoms with Crippen molar-refractivity contribution in [3.8, 4) is 0 Å². The normalized spacial score (nSPS) is 51.4. The molecule has 1 rings (SSSR count). The Hall–Kier alpha value is 0.220. The van der Waals surface area contributed by atoms with Crippen LogP contribution in [0.3, 0.4) is 0 Å². The Balaban J connectivity index is 2.72. The SMILES string of the molecule is C[C@@H]1C(C)(C)[C@]1(F)Cl. The quantitative estimate of drug-likeness (QED) is 0.449. The first kappa shape index (κ1) is 6.34. The van der Waals surface area contributed by atoms with E-state index in [-0.39, 0.29) is 11.3 Å². The van der Waals surface area contributed by atoms with Crippen molar-refractivity contribution in [2.45, 2.75) is 25.9 Å². The summed E-state index contributed by atoms with van der Waals surface area (Å²) < 4.78 is 12.7. The molecule has 0 radical (unpaired) electrons. The fraction of sp³-hybridized carbons (Fsp3) is 1.00. The van der Waals surface area contributed by atoms with Gasteiger partial charge in [-0.2, -0.15) is 0 Å². The van der Waals surface area contributed by atoms with Crippen molar-refractivity contribution in [2.75, 3.05) is 0 Å². The van der Waals surface area contributed by atoms with Crippen LogP contribution in [0.15, 0.2) is 0 Å². The van der Waals surface area contributed by atoms with Gasteiger partial charge in [0.05, 0.1) is 0 Å². The molecular formula is C6H10ClF. The molecule has 1 fully saturated rings. The van der Waals surface area contributed by atoms with Gasteiger partial charge in [0.15, 0.2) is 5.13 Å². The average Bonchev–Trinajstić information content (AvgIpc) is 1.88. The van der Waals surface area contributed by atoms with Gasteiger partial charge < -0.3 is 0 Å². The molecule has 0 aromatic rings. The molecule has 8 heavy (non-hydrogen) atoms. The number of alkyl halides is 2. The smallest absolute Gasteiger partial charge is 0.192 e. The fourth-order valence-corrected chi connectivity index (χ4v) is 1.28. The number of hydrogen-bond donors (Lipinski definition) is 0. The van der Waals surface area contributed by atoms with E-state index in [0.717, 1.165) is 0 Å². The molecule has 1 aliphatic rings. The minimum atomic E-state index is -1.42. The molecule has 1 saturated carbocycles. The van der Waals surface area contributed by atoms with Gasteiger partial charge in [0.1, 0.15) is 0 Å². The van der Waals surface area contributed by atoms with Crippen LogP contribution in [0.1, 0.15) is 20.8 Å². The molecule has 2 heteroatoms. The van der Waals surface area contributed by atoms with Gasteiger partial charge in [0, 0.05) is 11.3 Å². The van der Waals surface area contributed by atoms with Crippen LogP contribution in [0.5, 0.6) is 0 Å². The molecule has 1 aliphatic carbocycles. The molecule has 0 amide bonds. The minimum Gasteiger partial charge on any atom is -0.225 e. The molecule has 0 aromatic heterocycles. The standard InChI is InChI=1S/C6H10ClF/c1-4-5(2,3)6(4,7)8/h4H,1-3H3/t4-,6+/m1/s1. The first-order chi connectivity index (χ1) is 3.40. The van der Waals surface area contributed by atoms with Gasteiger partial charge in [-0.25, -0.2) is 4.39 Å². The predicted octanol–water partition coefficient (Wildman–Crippen LogP) is 2.57. The molecule has 0 N–H and O–H groups in total. The molecule has 0 bridgehead atoms. The molecular weight excluding hydrogens is 127 g/mol. The third kappa shape index (κ3) is 0.459. The predicted molar refractivity (Wildman–Crippen MR) is 32.6 cm³/mol. The van der Waals surface area contributed by atoms with Crippen molar-refractivity contribution >= 4 is 11.6 Å². The van der Waals surface area contributed by atoms with E-state index in [4.69, 9.17) is 11.6 Å². The summed E-state index contributed by atoms with van der Waals surface area (Å²) in [6, 6.07) is 0. The average molecular weight is 137 g/mol. The van der Waals surface area contributed by atoms with E-state index in [9.17, 15) is 4.39 Å². The fourth-order valence-electron chi connectivity index (χ4n) is 0.898. The van der Waals surface area contributed by atoms with Crippen LogP contribution in [0.25, 0.3) is 0 Å². The van der Waals surface area contributed by atoms with Gasteiger partial charge in [-0.15, -0.1) is 0 Å². The third-order valence-corrected chi connectivity index (χ3v) is 3.22. The van der Waals surface area contributed by atoms with E-state index in [0.29, 0.717) is 0 Å². The summed E-state index contributed by atoms with van der Waals surface area (Å²) in [4.78, 5) is 0. The highest BCUT2D eigenvalue weighted by molar-refractivity contribution is 6.25. The molecule has 0 saturated heterocycles.